The van der Waals surface area contributed by atoms with E-state index in [2.05, 4.69) is 17.0 Å². The molecule has 0 aromatic heterocycles. The van der Waals surface area contributed by atoms with E-state index in [1.807, 2.05) is 0 Å². The van der Waals surface area contributed by atoms with E-state index in [0.717, 1.165) is 19.3 Å². The summed E-state index contributed by atoms with van der Waals surface area (Å²) >= 11 is 0. The van der Waals surface area contributed by atoms with Crippen molar-refractivity contribution in [2.75, 3.05) is 66.0 Å². The van der Waals surface area contributed by atoms with Crippen LogP contribution >= 0.6 is 0 Å². The molecule has 0 aromatic carbocycles. The van der Waals surface area contributed by atoms with Gasteiger partial charge in [-0.15, -0.1) is 0 Å². The average molecular weight is 407 g/mol. The number of ether oxygens (including phenoxy) is 5. The van der Waals surface area contributed by atoms with Crippen LogP contribution in [0.25, 0.3) is 0 Å². The molecule has 28 heavy (non-hydrogen) atoms. The van der Waals surface area contributed by atoms with Gasteiger partial charge in [-0.25, -0.2) is 4.79 Å². The molecule has 0 radical (unpaired) electrons. The van der Waals surface area contributed by atoms with E-state index in [-0.39, 0.29) is 19.2 Å². The maximum atomic E-state index is 11.3. The first-order valence-electron chi connectivity index (χ1n) is 9.51. The van der Waals surface area contributed by atoms with E-state index in [4.69, 9.17) is 24.1 Å². The monoisotopic (exact) mass is 407 g/mol. The molecule has 0 saturated carbocycles. The van der Waals surface area contributed by atoms with Crippen molar-refractivity contribution in [1.29, 1.82) is 0 Å². The average Bonchev–Trinajstić information content (AvgIpc) is 2.65. The lowest BCUT2D eigenvalue weighted by Crippen LogP contribution is -2.31. The van der Waals surface area contributed by atoms with Gasteiger partial charge in [0.2, 0.25) is 5.91 Å². The van der Waals surface area contributed by atoms with Gasteiger partial charge in [-0.3, -0.25) is 9.59 Å². The molecule has 0 aliphatic rings. The number of carbonyl (C=O) groups excluding carboxylic acids is 2. The molecule has 1 amide bonds. The van der Waals surface area contributed by atoms with Gasteiger partial charge in [-0.05, 0) is 6.42 Å². The van der Waals surface area contributed by atoms with Gasteiger partial charge in [-0.2, -0.15) is 0 Å². The van der Waals surface area contributed by atoms with Crippen molar-refractivity contribution in [1.82, 2.24) is 5.32 Å². The first kappa shape index (κ1) is 26.2. The number of hydrogen-bond acceptors (Lipinski definition) is 8. The SMILES string of the molecule is CCCCCC(=O)OCCOCCOCCOCCNC(=O)COCC(=O)O. The first-order valence-corrected chi connectivity index (χ1v) is 9.51. The topological polar surface area (TPSA) is 130 Å². The van der Waals surface area contributed by atoms with Crippen LogP contribution in [0.4, 0.5) is 0 Å². The zero-order valence-corrected chi connectivity index (χ0v) is 16.6. The summed E-state index contributed by atoms with van der Waals surface area (Å²) in [7, 11) is 0. The van der Waals surface area contributed by atoms with E-state index in [1.165, 1.54) is 0 Å². The minimum Gasteiger partial charge on any atom is -0.480 e. The smallest absolute Gasteiger partial charge is 0.329 e. The van der Waals surface area contributed by atoms with E-state index >= 15 is 0 Å². The number of esters is 1. The van der Waals surface area contributed by atoms with Crippen LogP contribution in [0.5, 0.6) is 0 Å². The number of amides is 1. The van der Waals surface area contributed by atoms with Crippen molar-refractivity contribution in [2.24, 2.45) is 0 Å². The van der Waals surface area contributed by atoms with Crippen LogP contribution in [0, 0.1) is 0 Å². The molecule has 0 fully saturated rings. The van der Waals surface area contributed by atoms with Crippen LogP contribution in [0.3, 0.4) is 0 Å². The van der Waals surface area contributed by atoms with Gasteiger partial charge in [0.15, 0.2) is 0 Å². The largest absolute Gasteiger partial charge is 0.480 e. The number of carboxylic acids is 1. The Morgan fingerprint density at radius 3 is 2.00 bits per heavy atom. The van der Waals surface area contributed by atoms with Crippen molar-refractivity contribution < 1.29 is 43.2 Å². The Bertz CT molecular complexity index is 418. The number of carbonyl (C=O) groups is 3. The van der Waals surface area contributed by atoms with E-state index in [9.17, 15) is 14.4 Å². The number of aliphatic carboxylic acids is 1. The maximum absolute atomic E-state index is 11.3. The highest BCUT2D eigenvalue weighted by molar-refractivity contribution is 5.77. The summed E-state index contributed by atoms with van der Waals surface area (Å²) in [6.07, 6.45) is 3.42. The molecule has 0 aromatic rings. The van der Waals surface area contributed by atoms with Crippen molar-refractivity contribution in [3.8, 4) is 0 Å². The molecule has 0 heterocycles. The van der Waals surface area contributed by atoms with Crippen LogP contribution < -0.4 is 5.32 Å². The Balaban J connectivity index is 3.20. The zero-order valence-electron chi connectivity index (χ0n) is 16.6. The van der Waals surface area contributed by atoms with Gasteiger partial charge < -0.3 is 34.1 Å². The molecule has 10 nitrogen and oxygen atoms in total. The lowest BCUT2D eigenvalue weighted by atomic mass is 10.2. The number of carboxylic acid groups (broad SMARTS) is 1. The molecule has 0 spiro atoms. The van der Waals surface area contributed by atoms with Crippen LogP contribution in [-0.4, -0.2) is 89.0 Å². The predicted molar refractivity (Wildman–Crippen MR) is 99.0 cm³/mol. The molecule has 0 saturated heterocycles. The second-order valence-corrected chi connectivity index (χ2v) is 5.75. The summed E-state index contributed by atoms with van der Waals surface area (Å²) in [5.41, 5.74) is 0. The lowest BCUT2D eigenvalue weighted by molar-refractivity contribution is -0.146. The van der Waals surface area contributed by atoms with Crippen molar-refractivity contribution in [3.05, 3.63) is 0 Å². The second kappa shape index (κ2) is 20.0. The Hall–Kier alpha value is -1.75. The molecule has 10 heteroatoms. The van der Waals surface area contributed by atoms with Crippen molar-refractivity contribution >= 4 is 17.8 Å². The fourth-order valence-corrected chi connectivity index (χ4v) is 1.89. The van der Waals surface area contributed by atoms with Gasteiger partial charge in [0.05, 0.1) is 39.6 Å². The quantitative estimate of drug-likeness (QED) is 0.217. The highest BCUT2D eigenvalue weighted by atomic mass is 16.6. The van der Waals surface area contributed by atoms with Crippen molar-refractivity contribution in [2.45, 2.75) is 32.6 Å². The number of unbranched alkanes of at least 4 members (excludes halogenated alkanes) is 2. The highest BCUT2D eigenvalue weighted by Gasteiger charge is 2.03. The molecular weight excluding hydrogens is 374 g/mol. The standard InChI is InChI=1S/C18H33NO9/c1-2-3-4-5-18(23)28-13-12-26-11-10-25-9-8-24-7-6-19-16(20)14-27-15-17(21)22/h2-15H2,1H3,(H,19,20)(H,21,22). The summed E-state index contributed by atoms with van der Waals surface area (Å²) in [6, 6.07) is 0. The van der Waals surface area contributed by atoms with Gasteiger partial charge in [0.1, 0.15) is 19.8 Å². The Labute approximate surface area is 165 Å². The predicted octanol–water partition coefficient (Wildman–Crippen LogP) is 0.377. The zero-order chi connectivity index (χ0) is 20.9. The fourth-order valence-electron chi connectivity index (χ4n) is 1.89. The van der Waals surface area contributed by atoms with E-state index in [1.54, 1.807) is 0 Å². The summed E-state index contributed by atoms with van der Waals surface area (Å²) in [5.74, 6) is -1.71. The lowest BCUT2D eigenvalue weighted by Gasteiger charge is -2.08. The minimum atomic E-state index is -1.12. The van der Waals surface area contributed by atoms with Crippen LogP contribution in [0.15, 0.2) is 0 Å². The van der Waals surface area contributed by atoms with Crippen LogP contribution in [0.1, 0.15) is 32.6 Å². The highest BCUT2D eigenvalue weighted by Crippen LogP contribution is 2.00. The third-order valence-electron chi connectivity index (χ3n) is 3.25. The molecule has 0 unspecified atom stereocenters. The molecule has 0 rings (SSSR count). The van der Waals surface area contributed by atoms with E-state index in [0.29, 0.717) is 52.6 Å². The van der Waals surface area contributed by atoms with Gasteiger partial charge in [-0.1, -0.05) is 19.8 Å². The third kappa shape index (κ3) is 20.6. The molecule has 0 bridgehead atoms. The number of rotatable bonds is 20. The number of nitrogens with one attached hydrogen (secondary N) is 1. The third-order valence-corrected chi connectivity index (χ3v) is 3.25. The fraction of sp³-hybridized carbons (Fsp3) is 0.833. The Morgan fingerprint density at radius 2 is 1.39 bits per heavy atom. The van der Waals surface area contributed by atoms with Crippen LogP contribution in [0.2, 0.25) is 0 Å². The summed E-state index contributed by atoms with van der Waals surface area (Å²) in [4.78, 5) is 32.8. The second-order valence-electron chi connectivity index (χ2n) is 5.75. The number of hydrogen-bond donors (Lipinski definition) is 2. The maximum Gasteiger partial charge on any atom is 0.329 e. The van der Waals surface area contributed by atoms with Crippen LogP contribution in [-0.2, 0) is 38.1 Å². The van der Waals surface area contributed by atoms with Gasteiger partial charge in [0, 0.05) is 13.0 Å². The Kier molecular flexibility index (Phi) is 18.7. The molecule has 0 aliphatic carbocycles. The first-order chi connectivity index (χ1) is 13.6. The molecule has 164 valence electrons. The minimum absolute atomic E-state index is 0.186. The van der Waals surface area contributed by atoms with Crippen molar-refractivity contribution in [3.63, 3.8) is 0 Å². The van der Waals surface area contributed by atoms with E-state index < -0.39 is 18.5 Å². The summed E-state index contributed by atoms with van der Waals surface area (Å²) < 4.78 is 25.5. The molecular formula is C18H33NO9. The normalized spacial score (nSPS) is 10.6. The summed E-state index contributed by atoms with van der Waals surface area (Å²) in [6.45, 7) is 4.07. The van der Waals surface area contributed by atoms with Gasteiger partial charge in [0.25, 0.3) is 0 Å². The molecule has 2 N–H and O–H groups in total. The summed E-state index contributed by atoms with van der Waals surface area (Å²) in [5, 5.41) is 10.9. The molecule has 0 aliphatic heterocycles. The Morgan fingerprint density at radius 1 is 0.786 bits per heavy atom. The molecule has 0 atom stereocenters. The van der Waals surface area contributed by atoms with Gasteiger partial charge >= 0.3 is 11.9 Å².